The van der Waals surface area contributed by atoms with Crippen molar-refractivity contribution in [1.29, 1.82) is 0 Å². The molecular weight excluding hydrogens is 266 g/mol. The standard InChI is InChI=1S/C17H29NO3/c1-5-7-15(11-20-4)18-10-16(19)12-21-17-13(2)8-6-9-14(17)3/h6,8-9,15-16,18-19H,5,7,10-12H2,1-4H3. The van der Waals surface area contributed by atoms with E-state index in [9.17, 15) is 5.11 Å². The fourth-order valence-electron chi connectivity index (χ4n) is 2.36. The zero-order valence-corrected chi connectivity index (χ0v) is 13.7. The molecule has 21 heavy (non-hydrogen) atoms. The Kier molecular flexibility index (Phi) is 8.35. The van der Waals surface area contributed by atoms with Gasteiger partial charge in [-0.05, 0) is 31.4 Å². The van der Waals surface area contributed by atoms with Crippen LogP contribution in [0, 0.1) is 13.8 Å². The van der Waals surface area contributed by atoms with Crippen LogP contribution in [0.4, 0.5) is 0 Å². The van der Waals surface area contributed by atoms with Crippen molar-refractivity contribution in [2.75, 3.05) is 26.9 Å². The van der Waals surface area contributed by atoms with Gasteiger partial charge < -0.3 is 19.9 Å². The smallest absolute Gasteiger partial charge is 0.125 e. The first-order valence-corrected chi connectivity index (χ1v) is 7.67. The molecule has 0 fully saturated rings. The number of nitrogens with one attached hydrogen (secondary N) is 1. The average molecular weight is 295 g/mol. The van der Waals surface area contributed by atoms with Crippen LogP contribution in [-0.2, 0) is 4.74 Å². The number of benzene rings is 1. The van der Waals surface area contributed by atoms with Gasteiger partial charge in [0.15, 0.2) is 0 Å². The van der Waals surface area contributed by atoms with Crippen molar-refractivity contribution in [1.82, 2.24) is 5.32 Å². The Hall–Kier alpha value is -1.10. The minimum absolute atomic E-state index is 0.287. The molecule has 2 atom stereocenters. The summed E-state index contributed by atoms with van der Waals surface area (Å²) in [5, 5.41) is 13.4. The molecule has 2 unspecified atom stereocenters. The van der Waals surface area contributed by atoms with E-state index in [2.05, 4.69) is 12.2 Å². The van der Waals surface area contributed by atoms with Crippen LogP contribution in [0.2, 0.25) is 0 Å². The lowest BCUT2D eigenvalue weighted by Gasteiger charge is -2.20. The van der Waals surface area contributed by atoms with E-state index < -0.39 is 6.10 Å². The highest BCUT2D eigenvalue weighted by Crippen LogP contribution is 2.22. The average Bonchev–Trinajstić information content (AvgIpc) is 2.44. The lowest BCUT2D eigenvalue weighted by molar-refractivity contribution is 0.0941. The van der Waals surface area contributed by atoms with Crippen molar-refractivity contribution in [2.45, 2.75) is 45.8 Å². The van der Waals surface area contributed by atoms with Crippen LogP contribution in [0.25, 0.3) is 0 Å². The summed E-state index contributed by atoms with van der Waals surface area (Å²) in [6.07, 6.45) is 1.61. The number of para-hydroxylation sites is 1. The third-order valence-electron chi connectivity index (χ3n) is 3.48. The first-order valence-electron chi connectivity index (χ1n) is 7.67. The predicted molar refractivity (Wildman–Crippen MR) is 86.0 cm³/mol. The second-order valence-corrected chi connectivity index (χ2v) is 5.53. The highest BCUT2D eigenvalue weighted by atomic mass is 16.5. The van der Waals surface area contributed by atoms with E-state index in [1.165, 1.54) is 0 Å². The van der Waals surface area contributed by atoms with Crippen molar-refractivity contribution >= 4 is 0 Å². The maximum absolute atomic E-state index is 10.0. The Balaban J connectivity index is 2.38. The summed E-state index contributed by atoms with van der Waals surface area (Å²) >= 11 is 0. The number of hydrogen-bond acceptors (Lipinski definition) is 4. The Morgan fingerprint density at radius 3 is 2.43 bits per heavy atom. The van der Waals surface area contributed by atoms with Crippen LogP contribution in [0.5, 0.6) is 5.75 Å². The number of aliphatic hydroxyl groups excluding tert-OH is 1. The number of aliphatic hydroxyl groups is 1. The van der Waals surface area contributed by atoms with Crippen molar-refractivity contribution in [3.05, 3.63) is 29.3 Å². The number of ether oxygens (including phenoxy) is 2. The number of hydrogen-bond donors (Lipinski definition) is 2. The second kappa shape index (κ2) is 9.77. The molecule has 4 nitrogen and oxygen atoms in total. The normalized spacial score (nSPS) is 14.0. The van der Waals surface area contributed by atoms with Crippen LogP contribution in [-0.4, -0.2) is 44.1 Å². The maximum atomic E-state index is 10.0. The molecule has 0 aliphatic heterocycles. The first-order chi connectivity index (χ1) is 10.1. The Morgan fingerprint density at radius 1 is 1.19 bits per heavy atom. The Labute approximate surface area is 128 Å². The van der Waals surface area contributed by atoms with Gasteiger partial charge in [0.05, 0.1) is 6.61 Å². The fourth-order valence-corrected chi connectivity index (χ4v) is 2.36. The fraction of sp³-hybridized carbons (Fsp3) is 0.647. The molecule has 1 aromatic rings. The SMILES string of the molecule is CCCC(COC)NCC(O)COc1c(C)cccc1C. The lowest BCUT2D eigenvalue weighted by atomic mass is 10.1. The molecule has 2 N–H and O–H groups in total. The van der Waals surface area contributed by atoms with E-state index in [-0.39, 0.29) is 6.04 Å². The van der Waals surface area contributed by atoms with Gasteiger partial charge in [0.25, 0.3) is 0 Å². The first kappa shape index (κ1) is 18.0. The van der Waals surface area contributed by atoms with Gasteiger partial charge in [-0.3, -0.25) is 0 Å². The van der Waals surface area contributed by atoms with Gasteiger partial charge in [0.1, 0.15) is 18.5 Å². The van der Waals surface area contributed by atoms with Crippen LogP contribution in [0.3, 0.4) is 0 Å². The van der Waals surface area contributed by atoms with Crippen molar-refractivity contribution in [3.8, 4) is 5.75 Å². The van der Waals surface area contributed by atoms with Crippen molar-refractivity contribution in [3.63, 3.8) is 0 Å². The predicted octanol–water partition coefficient (Wildman–Crippen LogP) is 2.45. The minimum Gasteiger partial charge on any atom is -0.490 e. The van der Waals surface area contributed by atoms with Gasteiger partial charge in [0.2, 0.25) is 0 Å². The number of aryl methyl sites for hydroxylation is 2. The second-order valence-electron chi connectivity index (χ2n) is 5.53. The minimum atomic E-state index is -0.528. The van der Waals surface area contributed by atoms with E-state index in [0.29, 0.717) is 19.8 Å². The van der Waals surface area contributed by atoms with Gasteiger partial charge in [-0.1, -0.05) is 31.5 Å². The summed E-state index contributed by atoms with van der Waals surface area (Å²) in [5.41, 5.74) is 2.19. The molecule has 0 radical (unpaired) electrons. The molecule has 0 saturated carbocycles. The van der Waals surface area contributed by atoms with Gasteiger partial charge in [-0.2, -0.15) is 0 Å². The molecule has 0 amide bonds. The van der Waals surface area contributed by atoms with Gasteiger partial charge >= 0.3 is 0 Å². The third-order valence-corrected chi connectivity index (χ3v) is 3.48. The van der Waals surface area contributed by atoms with E-state index in [1.54, 1.807) is 7.11 Å². The van der Waals surface area contributed by atoms with E-state index in [4.69, 9.17) is 9.47 Å². The molecule has 1 aromatic carbocycles. The van der Waals surface area contributed by atoms with E-state index in [1.807, 2.05) is 32.0 Å². The molecule has 0 aromatic heterocycles. The number of rotatable bonds is 10. The highest BCUT2D eigenvalue weighted by Gasteiger charge is 2.12. The molecule has 4 heteroatoms. The Bertz CT molecular complexity index is 383. The summed E-state index contributed by atoms with van der Waals surface area (Å²) < 4.78 is 10.9. The van der Waals surface area contributed by atoms with Crippen molar-refractivity contribution < 1.29 is 14.6 Å². The summed E-state index contributed by atoms with van der Waals surface area (Å²) in [6.45, 7) is 7.65. The molecule has 120 valence electrons. The summed E-state index contributed by atoms with van der Waals surface area (Å²) in [7, 11) is 1.70. The van der Waals surface area contributed by atoms with Crippen LogP contribution in [0.15, 0.2) is 18.2 Å². The van der Waals surface area contributed by atoms with Gasteiger partial charge in [-0.25, -0.2) is 0 Å². The van der Waals surface area contributed by atoms with Crippen LogP contribution in [0.1, 0.15) is 30.9 Å². The summed E-state index contributed by atoms with van der Waals surface area (Å²) in [6, 6.07) is 6.33. The van der Waals surface area contributed by atoms with Crippen LogP contribution >= 0.6 is 0 Å². The monoisotopic (exact) mass is 295 g/mol. The molecule has 0 aliphatic carbocycles. The molecular formula is C17H29NO3. The zero-order chi connectivity index (χ0) is 15.7. The van der Waals surface area contributed by atoms with Gasteiger partial charge in [-0.15, -0.1) is 0 Å². The van der Waals surface area contributed by atoms with E-state index in [0.717, 1.165) is 29.7 Å². The third kappa shape index (κ3) is 6.46. The number of methoxy groups -OCH3 is 1. The largest absolute Gasteiger partial charge is 0.490 e. The lowest BCUT2D eigenvalue weighted by Crippen LogP contribution is -2.40. The Morgan fingerprint density at radius 2 is 1.86 bits per heavy atom. The maximum Gasteiger partial charge on any atom is 0.125 e. The van der Waals surface area contributed by atoms with E-state index >= 15 is 0 Å². The molecule has 0 saturated heterocycles. The van der Waals surface area contributed by atoms with Crippen LogP contribution < -0.4 is 10.1 Å². The zero-order valence-electron chi connectivity index (χ0n) is 13.7. The summed E-state index contributed by atoms with van der Waals surface area (Å²) in [4.78, 5) is 0. The molecule has 1 rings (SSSR count). The van der Waals surface area contributed by atoms with Crippen molar-refractivity contribution in [2.24, 2.45) is 0 Å². The van der Waals surface area contributed by atoms with Gasteiger partial charge in [0, 0.05) is 19.7 Å². The molecule has 0 heterocycles. The molecule has 0 bridgehead atoms. The molecule has 0 aliphatic rings. The quantitative estimate of drug-likeness (QED) is 0.696. The topological polar surface area (TPSA) is 50.7 Å². The summed E-state index contributed by atoms with van der Waals surface area (Å²) in [5.74, 6) is 0.874. The highest BCUT2D eigenvalue weighted by molar-refractivity contribution is 5.39. The molecule has 0 spiro atoms.